The molecule has 0 heterocycles. The molecule has 6 nitrogen and oxygen atoms in total. The summed E-state index contributed by atoms with van der Waals surface area (Å²) in [6.45, 7) is 0.291. The molecule has 0 atom stereocenters. The van der Waals surface area contributed by atoms with Gasteiger partial charge in [0.25, 0.3) is 0 Å². The summed E-state index contributed by atoms with van der Waals surface area (Å²) in [5.41, 5.74) is 3.68. The van der Waals surface area contributed by atoms with Crippen LogP contribution in [-0.4, -0.2) is 24.1 Å². The summed E-state index contributed by atoms with van der Waals surface area (Å²) in [6.07, 6.45) is 3.21. The maximum absolute atomic E-state index is 11.6. The van der Waals surface area contributed by atoms with Gasteiger partial charge in [-0.2, -0.15) is 5.10 Å². The molecule has 0 aliphatic heterocycles. The van der Waals surface area contributed by atoms with E-state index in [1.54, 1.807) is 24.3 Å². The van der Waals surface area contributed by atoms with Crippen molar-refractivity contribution in [2.45, 2.75) is 25.5 Å². The molecule has 2 N–H and O–H groups in total. The summed E-state index contributed by atoms with van der Waals surface area (Å²) in [5.74, 6) is -0.985. The molecule has 0 saturated heterocycles. The SMILES string of the molecule is O=C(N/N=C\c1ccc(OCc2ccccc2Cl)c(Cl)c1)C(=O)NC1CC1. The highest BCUT2D eigenvalue weighted by atomic mass is 35.5. The van der Waals surface area contributed by atoms with Crippen LogP contribution in [0.5, 0.6) is 5.75 Å². The molecular formula is C19H17Cl2N3O3. The molecule has 2 aromatic rings. The summed E-state index contributed by atoms with van der Waals surface area (Å²) in [5, 5.41) is 7.36. The molecule has 1 aliphatic rings. The van der Waals surface area contributed by atoms with Gasteiger partial charge in [-0.3, -0.25) is 9.59 Å². The van der Waals surface area contributed by atoms with Gasteiger partial charge >= 0.3 is 11.8 Å². The predicted molar refractivity (Wildman–Crippen MR) is 104 cm³/mol. The number of nitrogens with one attached hydrogen (secondary N) is 2. The van der Waals surface area contributed by atoms with E-state index in [4.69, 9.17) is 27.9 Å². The van der Waals surface area contributed by atoms with Gasteiger partial charge in [0.05, 0.1) is 11.2 Å². The highest BCUT2D eigenvalue weighted by molar-refractivity contribution is 6.35. The number of hydrogen-bond donors (Lipinski definition) is 2. The van der Waals surface area contributed by atoms with E-state index < -0.39 is 11.8 Å². The Hall–Kier alpha value is -2.57. The van der Waals surface area contributed by atoms with Crippen LogP contribution < -0.4 is 15.5 Å². The lowest BCUT2D eigenvalue weighted by molar-refractivity contribution is -0.139. The normalized spacial score (nSPS) is 13.4. The molecule has 1 aliphatic carbocycles. The summed E-state index contributed by atoms with van der Waals surface area (Å²) < 4.78 is 5.69. The van der Waals surface area contributed by atoms with E-state index in [1.807, 2.05) is 18.2 Å². The van der Waals surface area contributed by atoms with Crippen molar-refractivity contribution in [3.8, 4) is 5.75 Å². The molecule has 0 aromatic heterocycles. The zero-order valence-electron chi connectivity index (χ0n) is 14.2. The number of halogens is 2. The number of hydrazone groups is 1. The minimum absolute atomic E-state index is 0.115. The molecule has 0 radical (unpaired) electrons. The van der Waals surface area contributed by atoms with Crippen LogP contribution in [0.25, 0.3) is 0 Å². The molecule has 0 bridgehead atoms. The van der Waals surface area contributed by atoms with Crippen LogP contribution in [0.4, 0.5) is 0 Å². The van der Waals surface area contributed by atoms with E-state index in [0.29, 0.717) is 28.0 Å². The largest absolute Gasteiger partial charge is 0.487 e. The van der Waals surface area contributed by atoms with Gasteiger partial charge in [0.15, 0.2) is 0 Å². The first-order valence-corrected chi connectivity index (χ1v) is 9.08. The first-order valence-electron chi connectivity index (χ1n) is 8.32. The number of ether oxygens (including phenoxy) is 1. The zero-order chi connectivity index (χ0) is 19.2. The molecule has 1 saturated carbocycles. The molecule has 2 amide bonds. The molecule has 27 heavy (non-hydrogen) atoms. The van der Waals surface area contributed by atoms with E-state index >= 15 is 0 Å². The van der Waals surface area contributed by atoms with Gasteiger partial charge in [0, 0.05) is 16.6 Å². The summed E-state index contributed by atoms with van der Waals surface area (Å²) in [6, 6.07) is 12.6. The number of nitrogens with zero attached hydrogens (tertiary/aromatic N) is 1. The predicted octanol–water partition coefficient (Wildman–Crippen LogP) is 3.30. The first-order chi connectivity index (χ1) is 13.0. The van der Waals surface area contributed by atoms with Gasteiger partial charge in [-0.1, -0.05) is 41.4 Å². The summed E-state index contributed by atoms with van der Waals surface area (Å²) in [4.78, 5) is 23.1. The lowest BCUT2D eigenvalue weighted by Gasteiger charge is -2.09. The second-order valence-corrected chi connectivity index (χ2v) is 6.83. The third kappa shape index (κ3) is 5.70. The van der Waals surface area contributed by atoms with Crippen molar-refractivity contribution < 1.29 is 14.3 Å². The number of carbonyl (C=O) groups is 2. The second kappa shape index (κ2) is 8.88. The Morgan fingerprint density at radius 3 is 2.59 bits per heavy atom. The van der Waals surface area contributed by atoms with Crippen molar-refractivity contribution >= 4 is 41.2 Å². The lowest BCUT2D eigenvalue weighted by atomic mass is 10.2. The fourth-order valence-electron chi connectivity index (χ4n) is 2.18. The third-order valence-electron chi connectivity index (χ3n) is 3.80. The van der Waals surface area contributed by atoms with Crippen molar-refractivity contribution in [3.05, 3.63) is 63.6 Å². The van der Waals surface area contributed by atoms with Crippen LogP contribution in [0.2, 0.25) is 10.0 Å². The van der Waals surface area contributed by atoms with Crippen LogP contribution >= 0.6 is 23.2 Å². The van der Waals surface area contributed by atoms with Crippen LogP contribution in [-0.2, 0) is 16.2 Å². The smallest absolute Gasteiger partial charge is 0.329 e. The lowest BCUT2D eigenvalue weighted by Crippen LogP contribution is -2.38. The molecule has 2 aromatic carbocycles. The van der Waals surface area contributed by atoms with Gasteiger partial charge in [-0.15, -0.1) is 0 Å². The van der Waals surface area contributed by atoms with Gasteiger partial charge in [-0.25, -0.2) is 5.43 Å². The minimum Gasteiger partial charge on any atom is -0.487 e. The van der Waals surface area contributed by atoms with Gasteiger partial charge in [0.2, 0.25) is 0 Å². The molecule has 8 heteroatoms. The summed E-state index contributed by atoms with van der Waals surface area (Å²) in [7, 11) is 0. The summed E-state index contributed by atoms with van der Waals surface area (Å²) >= 11 is 12.3. The Morgan fingerprint density at radius 1 is 1.11 bits per heavy atom. The average molecular weight is 406 g/mol. The Morgan fingerprint density at radius 2 is 1.89 bits per heavy atom. The quantitative estimate of drug-likeness (QED) is 0.439. The van der Waals surface area contributed by atoms with Crippen molar-refractivity contribution in [1.29, 1.82) is 0 Å². The van der Waals surface area contributed by atoms with Crippen LogP contribution in [0.15, 0.2) is 47.6 Å². The van der Waals surface area contributed by atoms with E-state index in [1.165, 1.54) is 6.21 Å². The van der Waals surface area contributed by atoms with Crippen molar-refractivity contribution in [3.63, 3.8) is 0 Å². The average Bonchev–Trinajstić information content (AvgIpc) is 3.46. The number of carbonyl (C=O) groups excluding carboxylic acids is 2. The van der Waals surface area contributed by atoms with Crippen LogP contribution in [0.3, 0.4) is 0 Å². The Balaban J connectivity index is 1.53. The van der Waals surface area contributed by atoms with E-state index in [0.717, 1.165) is 18.4 Å². The Kier molecular flexibility index (Phi) is 6.32. The third-order valence-corrected chi connectivity index (χ3v) is 4.46. The Labute approximate surface area is 166 Å². The van der Waals surface area contributed by atoms with E-state index in [-0.39, 0.29) is 6.04 Å². The van der Waals surface area contributed by atoms with E-state index in [9.17, 15) is 9.59 Å². The van der Waals surface area contributed by atoms with Crippen LogP contribution in [0.1, 0.15) is 24.0 Å². The van der Waals surface area contributed by atoms with Crippen molar-refractivity contribution in [2.75, 3.05) is 0 Å². The number of hydrogen-bond acceptors (Lipinski definition) is 4. The maximum atomic E-state index is 11.6. The van der Waals surface area contributed by atoms with Crippen molar-refractivity contribution in [2.24, 2.45) is 5.10 Å². The maximum Gasteiger partial charge on any atom is 0.329 e. The van der Waals surface area contributed by atoms with E-state index in [2.05, 4.69) is 15.8 Å². The first kappa shape index (κ1) is 19.2. The fourth-order valence-corrected chi connectivity index (χ4v) is 2.61. The van der Waals surface area contributed by atoms with Gasteiger partial charge in [0.1, 0.15) is 12.4 Å². The molecule has 140 valence electrons. The Bertz CT molecular complexity index is 882. The molecule has 0 unspecified atom stereocenters. The highest BCUT2D eigenvalue weighted by Crippen LogP contribution is 2.27. The molecular weight excluding hydrogens is 389 g/mol. The topological polar surface area (TPSA) is 79.8 Å². The number of rotatable bonds is 6. The fraction of sp³-hybridized carbons (Fsp3) is 0.211. The van der Waals surface area contributed by atoms with Gasteiger partial charge in [-0.05, 0) is 42.7 Å². The minimum atomic E-state index is -0.802. The van der Waals surface area contributed by atoms with Crippen LogP contribution in [0, 0.1) is 0 Å². The highest BCUT2D eigenvalue weighted by Gasteiger charge is 2.26. The second-order valence-electron chi connectivity index (χ2n) is 6.02. The monoisotopic (exact) mass is 405 g/mol. The number of benzene rings is 2. The van der Waals surface area contributed by atoms with Crippen molar-refractivity contribution in [1.82, 2.24) is 10.7 Å². The molecule has 1 fully saturated rings. The van der Waals surface area contributed by atoms with Gasteiger partial charge < -0.3 is 10.1 Å². The zero-order valence-corrected chi connectivity index (χ0v) is 15.8. The molecule has 0 spiro atoms. The number of amides is 2. The standard InChI is InChI=1S/C19H17Cl2N3O3/c20-15-4-2-1-3-13(15)11-27-17-8-5-12(9-16(17)21)10-22-24-19(26)18(25)23-14-6-7-14/h1-5,8-10,14H,6-7,11H2,(H,23,25)(H,24,26)/b22-10-. The molecule has 3 rings (SSSR count).